The maximum absolute atomic E-state index is 12.2. The van der Waals surface area contributed by atoms with Crippen LogP contribution in [-0.4, -0.2) is 33.1 Å². The summed E-state index contributed by atoms with van der Waals surface area (Å²) >= 11 is 0. The van der Waals surface area contributed by atoms with Crippen LogP contribution in [0.2, 0.25) is 0 Å². The number of sulfone groups is 1. The molecule has 0 radical (unpaired) electrons. The molecule has 0 fully saturated rings. The van der Waals surface area contributed by atoms with Crippen LogP contribution in [0.25, 0.3) is 0 Å². The molecule has 1 aromatic rings. The molecule has 0 amide bonds. The highest BCUT2D eigenvalue weighted by atomic mass is 32.2. The van der Waals surface area contributed by atoms with E-state index in [1.54, 1.807) is 6.07 Å². The van der Waals surface area contributed by atoms with E-state index in [1.165, 1.54) is 18.2 Å². The fourth-order valence-electron chi connectivity index (χ4n) is 1.41. The molecule has 0 aliphatic rings. The lowest BCUT2D eigenvalue weighted by atomic mass is 10.2. The summed E-state index contributed by atoms with van der Waals surface area (Å²) in [6, 6.07) is 5.99. The fourth-order valence-corrected chi connectivity index (χ4v) is 2.58. The van der Waals surface area contributed by atoms with Gasteiger partial charge in [-0.2, -0.15) is 13.2 Å². The van der Waals surface area contributed by atoms with Crippen LogP contribution in [-0.2, 0) is 21.1 Å². The summed E-state index contributed by atoms with van der Waals surface area (Å²) in [4.78, 5) is 0.0312. The first kappa shape index (κ1) is 16.9. The van der Waals surface area contributed by atoms with Crippen molar-refractivity contribution in [2.45, 2.75) is 30.6 Å². The van der Waals surface area contributed by atoms with E-state index < -0.39 is 34.5 Å². The van der Waals surface area contributed by atoms with Gasteiger partial charge in [-0.25, -0.2) is 8.42 Å². The Balaban J connectivity index is 2.66. The second-order valence-corrected chi connectivity index (χ2v) is 6.33. The molecule has 8 heteroatoms. The van der Waals surface area contributed by atoms with Gasteiger partial charge in [0, 0.05) is 6.54 Å². The van der Waals surface area contributed by atoms with Gasteiger partial charge in [0.1, 0.15) is 0 Å². The van der Waals surface area contributed by atoms with Crippen molar-refractivity contribution in [1.82, 2.24) is 0 Å². The summed E-state index contributed by atoms with van der Waals surface area (Å²) in [5, 5.41) is 0. The minimum atomic E-state index is -4.50. The number of nitrogens with two attached hydrogens (primary N) is 1. The second kappa shape index (κ2) is 6.55. The third-order valence-electron chi connectivity index (χ3n) is 2.67. The molecule has 114 valence electrons. The van der Waals surface area contributed by atoms with Crippen molar-refractivity contribution in [3.05, 3.63) is 29.8 Å². The fraction of sp³-hybridized carbons (Fsp3) is 0.500. The molecular formula is C12H16F3NO3S. The minimum Gasteiger partial charge on any atom is -0.368 e. The van der Waals surface area contributed by atoms with E-state index >= 15 is 0 Å². The predicted octanol–water partition coefficient (Wildman–Crippen LogP) is 1.89. The molecule has 2 N–H and O–H groups in total. The third-order valence-corrected chi connectivity index (χ3v) is 4.35. The molecule has 1 rings (SSSR count). The molecule has 0 spiro atoms. The predicted molar refractivity (Wildman–Crippen MR) is 67.9 cm³/mol. The van der Waals surface area contributed by atoms with E-state index in [9.17, 15) is 21.6 Å². The number of halogens is 3. The Kier molecular flexibility index (Phi) is 5.55. The molecule has 4 nitrogen and oxygen atoms in total. The number of rotatable bonds is 6. The van der Waals surface area contributed by atoms with E-state index in [0.29, 0.717) is 5.56 Å². The summed E-state index contributed by atoms with van der Waals surface area (Å²) in [7, 11) is -3.68. The largest absolute Gasteiger partial charge is 0.414 e. The Morgan fingerprint density at radius 1 is 1.35 bits per heavy atom. The summed E-state index contributed by atoms with van der Waals surface area (Å²) in [6.45, 7) is 0.502. The van der Waals surface area contributed by atoms with E-state index in [0.717, 1.165) is 6.92 Å². The number of hydrogen-bond acceptors (Lipinski definition) is 4. The molecule has 0 saturated heterocycles. The van der Waals surface area contributed by atoms with Crippen LogP contribution in [0, 0.1) is 0 Å². The van der Waals surface area contributed by atoms with Crippen LogP contribution in [0.5, 0.6) is 0 Å². The molecule has 0 aliphatic carbocycles. The van der Waals surface area contributed by atoms with Crippen molar-refractivity contribution in [2.24, 2.45) is 5.73 Å². The quantitative estimate of drug-likeness (QED) is 0.871. The Labute approximate surface area is 115 Å². The van der Waals surface area contributed by atoms with Crippen LogP contribution in [0.4, 0.5) is 13.2 Å². The molecule has 1 atom stereocenters. The standard InChI is InChI=1S/C12H16F3NO3S/c1-9(12(13,14)15)19-5-6-20(17,18)11-4-2-3-10(7-11)8-16/h2-4,7,9H,5-6,8,16H2,1H3. The zero-order valence-corrected chi connectivity index (χ0v) is 11.7. The smallest absolute Gasteiger partial charge is 0.368 e. The zero-order chi connectivity index (χ0) is 15.4. The molecule has 0 aromatic heterocycles. The first-order chi connectivity index (χ1) is 9.16. The number of ether oxygens (including phenoxy) is 1. The molecule has 0 aliphatic heterocycles. The second-order valence-electron chi connectivity index (χ2n) is 4.23. The highest BCUT2D eigenvalue weighted by molar-refractivity contribution is 7.91. The van der Waals surface area contributed by atoms with Crippen molar-refractivity contribution in [3.63, 3.8) is 0 Å². The highest BCUT2D eigenvalue weighted by Gasteiger charge is 2.37. The van der Waals surface area contributed by atoms with Crippen molar-refractivity contribution in [3.8, 4) is 0 Å². The molecule has 1 unspecified atom stereocenters. The first-order valence-electron chi connectivity index (χ1n) is 5.87. The van der Waals surface area contributed by atoms with Crippen LogP contribution in [0.1, 0.15) is 12.5 Å². The van der Waals surface area contributed by atoms with E-state index in [-0.39, 0.29) is 11.4 Å². The van der Waals surface area contributed by atoms with Gasteiger partial charge in [-0.1, -0.05) is 12.1 Å². The summed E-state index contributed by atoms with van der Waals surface area (Å²) in [5.74, 6) is -0.512. The van der Waals surface area contributed by atoms with E-state index in [1.807, 2.05) is 0 Å². The van der Waals surface area contributed by atoms with Gasteiger partial charge in [0.05, 0.1) is 17.3 Å². The molecular weight excluding hydrogens is 295 g/mol. The Bertz CT molecular complexity index is 543. The summed E-state index contributed by atoms with van der Waals surface area (Å²) < 4.78 is 65.0. The summed E-state index contributed by atoms with van der Waals surface area (Å²) in [5.41, 5.74) is 6.04. The Morgan fingerprint density at radius 2 is 2.00 bits per heavy atom. The topological polar surface area (TPSA) is 69.4 Å². The maximum atomic E-state index is 12.2. The van der Waals surface area contributed by atoms with Crippen molar-refractivity contribution in [2.75, 3.05) is 12.4 Å². The average Bonchev–Trinajstić information content (AvgIpc) is 2.37. The SMILES string of the molecule is CC(OCCS(=O)(=O)c1cccc(CN)c1)C(F)(F)F. The number of alkyl halides is 3. The van der Waals surface area contributed by atoms with Gasteiger partial charge in [-0.3, -0.25) is 0 Å². The van der Waals surface area contributed by atoms with Crippen LogP contribution < -0.4 is 5.73 Å². The molecule has 0 bridgehead atoms. The molecule has 0 heterocycles. The average molecular weight is 311 g/mol. The molecule has 0 saturated carbocycles. The van der Waals surface area contributed by atoms with Gasteiger partial charge in [0.2, 0.25) is 0 Å². The lowest BCUT2D eigenvalue weighted by molar-refractivity contribution is -0.212. The third kappa shape index (κ3) is 4.77. The van der Waals surface area contributed by atoms with E-state index in [4.69, 9.17) is 5.73 Å². The van der Waals surface area contributed by atoms with Gasteiger partial charge >= 0.3 is 6.18 Å². The highest BCUT2D eigenvalue weighted by Crippen LogP contribution is 2.22. The molecule has 20 heavy (non-hydrogen) atoms. The van der Waals surface area contributed by atoms with Crippen molar-refractivity contribution in [1.29, 1.82) is 0 Å². The number of benzene rings is 1. The van der Waals surface area contributed by atoms with Crippen molar-refractivity contribution >= 4 is 9.84 Å². The van der Waals surface area contributed by atoms with Crippen LogP contribution in [0.15, 0.2) is 29.2 Å². The van der Waals surface area contributed by atoms with Crippen LogP contribution >= 0.6 is 0 Å². The van der Waals surface area contributed by atoms with Crippen LogP contribution in [0.3, 0.4) is 0 Å². The van der Waals surface area contributed by atoms with Gasteiger partial charge < -0.3 is 10.5 Å². The Morgan fingerprint density at radius 3 is 2.55 bits per heavy atom. The lowest BCUT2D eigenvalue weighted by Gasteiger charge is -2.16. The van der Waals surface area contributed by atoms with Gasteiger partial charge in [-0.05, 0) is 24.6 Å². The zero-order valence-electron chi connectivity index (χ0n) is 10.9. The number of hydrogen-bond donors (Lipinski definition) is 1. The molecule has 1 aromatic carbocycles. The van der Waals surface area contributed by atoms with Gasteiger partial charge in [0.15, 0.2) is 15.9 Å². The Hall–Kier alpha value is -1.12. The monoisotopic (exact) mass is 311 g/mol. The van der Waals surface area contributed by atoms with Crippen molar-refractivity contribution < 1.29 is 26.3 Å². The lowest BCUT2D eigenvalue weighted by Crippen LogP contribution is -2.30. The van der Waals surface area contributed by atoms with Gasteiger partial charge in [-0.15, -0.1) is 0 Å². The summed E-state index contributed by atoms with van der Waals surface area (Å²) in [6.07, 6.45) is -6.49. The van der Waals surface area contributed by atoms with E-state index in [2.05, 4.69) is 4.74 Å². The first-order valence-corrected chi connectivity index (χ1v) is 7.52. The minimum absolute atomic E-state index is 0.0312. The van der Waals surface area contributed by atoms with Gasteiger partial charge in [0.25, 0.3) is 0 Å². The normalized spacial score (nSPS) is 14.2. The maximum Gasteiger partial charge on any atom is 0.414 e.